The van der Waals surface area contributed by atoms with Crippen LogP contribution in [0, 0.1) is 17.0 Å². The summed E-state index contributed by atoms with van der Waals surface area (Å²) in [4.78, 5) is 22.7. The fourth-order valence-corrected chi connectivity index (χ4v) is 1.59. The summed E-state index contributed by atoms with van der Waals surface area (Å²) >= 11 is 0. The number of H-pyrrole nitrogens is 1. The molecule has 82 valence electrons. The van der Waals surface area contributed by atoms with Crippen LogP contribution in [0.2, 0.25) is 0 Å². The molecule has 0 atom stereocenters. The molecule has 0 saturated heterocycles. The first-order valence-electron chi connectivity index (χ1n) is 4.63. The number of hydrogen-bond donors (Lipinski definition) is 1. The highest BCUT2D eigenvalue weighted by Gasteiger charge is 2.18. The number of aromatic nitrogens is 2. The fraction of sp³-hybridized carbons (Fsp3) is 0.100. The maximum Gasteiger partial charge on any atom is 0.340 e. The molecule has 6 nitrogen and oxygen atoms in total. The Hall–Kier alpha value is -2.37. The molecule has 1 aromatic heterocycles. The van der Waals surface area contributed by atoms with Crippen molar-refractivity contribution >= 4 is 0 Å². The van der Waals surface area contributed by atoms with Gasteiger partial charge in [0.2, 0.25) is 0 Å². The Morgan fingerprint density at radius 3 is 2.44 bits per heavy atom. The van der Waals surface area contributed by atoms with Gasteiger partial charge in [-0.15, -0.1) is 0 Å². The number of aryl methyl sites for hydroxylation is 1. The highest BCUT2D eigenvalue weighted by Crippen LogP contribution is 2.17. The molecule has 0 saturated carbocycles. The number of nitrogens with zero attached hydrogens (tertiary/aromatic N) is 2. The lowest BCUT2D eigenvalue weighted by Crippen LogP contribution is -2.24. The second kappa shape index (κ2) is 3.65. The third-order valence-electron chi connectivity index (χ3n) is 2.28. The molecule has 1 heterocycles. The molecule has 6 heteroatoms. The van der Waals surface area contributed by atoms with E-state index in [1.807, 2.05) is 6.07 Å². The van der Waals surface area contributed by atoms with Crippen LogP contribution in [0.4, 0.5) is 0 Å². The van der Waals surface area contributed by atoms with E-state index in [1.165, 1.54) is 0 Å². The zero-order chi connectivity index (χ0) is 11.7. The van der Waals surface area contributed by atoms with Crippen molar-refractivity contribution in [3.8, 4) is 11.1 Å². The van der Waals surface area contributed by atoms with Crippen molar-refractivity contribution in [2.24, 2.45) is 0 Å². The van der Waals surface area contributed by atoms with Crippen LogP contribution in [0.3, 0.4) is 0 Å². The molecular weight excluding hydrogens is 210 g/mol. The molecule has 0 amide bonds. The third kappa shape index (κ3) is 1.50. The van der Waals surface area contributed by atoms with Gasteiger partial charge < -0.3 is 10.1 Å². The summed E-state index contributed by atoms with van der Waals surface area (Å²) in [5.74, 6) is 0. The Labute approximate surface area is 90.2 Å². The topological polar surface area (TPSA) is 80.9 Å². The average molecular weight is 219 g/mol. The molecule has 0 aliphatic rings. The molecule has 2 aromatic rings. The smallest absolute Gasteiger partial charge is 0.339 e. The van der Waals surface area contributed by atoms with Gasteiger partial charge in [-0.1, -0.05) is 30.3 Å². The fourth-order valence-electron chi connectivity index (χ4n) is 1.59. The van der Waals surface area contributed by atoms with Gasteiger partial charge in [-0.3, -0.25) is 4.79 Å². The number of aromatic amines is 1. The lowest BCUT2D eigenvalue weighted by atomic mass is 10.1. The summed E-state index contributed by atoms with van der Waals surface area (Å²) in [6.07, 6.45) is 0. The Morgan fingerprint density at radius 2 is 1.94 bits per heavy atom. The van der Waals surface area contributed by atoms with Gasteiger partial charge in [-0.2, -0.15) is 5.10 Å². The van der Waals surface area contributed by atoms with Gasteiger partial charge >= 0.3 is 5.56 Å². The minimum Gasteiger partial charge on any atom is -0.339 e. The van der Waals surface area contributed by atoms with E-state index >= 15 is 0 Å². The van der Waals surface area contributed by atoms with Crippen molar-refractivity contribution in [3.05, 3.63) is 56.5 Å². The summed E-state index contributed by atoms with van der Waals surface area (Å²) in [5, 5.41) is 12.2. The van der Waals surface area contributed by atoms with Crippen molar-refractivity contribution in [3.63, 3.8) is 0 Å². The predicted octanol–water partition coefficient (Wildman–Crippen LogP) is 1.19. The van der Waals surface area contributed by atoms with Gasteiger partial charge in [-0.25, -0.2) is 0 Å². The van der Waals surface area contributed by atoms with Crippen LogP contribution in [0.1, 0.15) is 5.69 Å². The highest BCUT2D eigenvalue weighted by molar-refractivity contribution is 5.64. The second-order valence-electron chi connectivity index (χ2n) is 3.33. The standard InChI is InChI=1S/C10H9N3O3/c1-7-9(8-5-3-2-4-6-8)10(14)12(11-7)13(15)16/h2-6,11H,1H3. The van der Waals surface area contributed by atoms with E-state index in [4.69, 9.17) is 0 Å². The van der Waals surface area contributed by atoms with Crippen molar-refractivity contribution in [2.75, 3.05) is 0 Å². The lowest BCUT2D eigenvalue weighted by Gasteiger charge is -1.93. The van der Waals surface area contributed by atoms with Gasteiger partial charge in [0.05, 0.1) is 10.6 Å². The molecule has 0 spiro atoms. The molecule has 0 aliphatic heterocycles. The minimum absolute atomic E-state index is 0.331. The first-order valence-corrected chi connectivity index (χ1v) is 4.63. The first kappa shape index (κ1) is 10.2. The van der Waals surface area contributed by atoms with Gasteiger partial charge in [0, 0.05) is 11.7 Å². The van der Waals surface area contributed by atoms with Crippen LogP contribution >= 0.6 is 0 Å². The maximum absolute atomic E-state index is 11.7. The Balaban J connectivity index is 2.68. The number of rotatable bonds is 2. The quantitative estimate of drug-likeness (QED) is 0.608. The summed E-state index contributed by atoms with van der Waals surface area (Å²) in [5.41, 5.74) is 0.834. The van der Waals surface area contributed by atoms with E-state index in [1.54, 1.807) is 31.2 Å². The molecule has 16 heavy (non-hydrogen) atoms. The maximum atomic E-state index is 11.7. The zero-order valence-electron chi connectivity index (χ0n) is 8.51. The van der Waals surface area contributed by atoms with Gasteiger partial charge in [-0.05, 0) is 5.56 Å². The Bertz CT molecular complexity index is 583. The molecule has 0 bridgehead atoms. The van der Waals surface area contributed by atoms with Gasteiger partial charge in [0.1, 0.15) is 5.69 Å². The summed E-state index contributed by atoms with van der Waals surface area (Å²) < 4.78 is 0. The van der Waals surface area contributed by atoms with Gasteiger partial charge in [0.15, 0.2) is 0 Å². The van der Waals surface area contributed by atoms with Crippen molar-refractivity contribution < 1.29 is 5.03 Å². The predicted molar refractivity (Wildman–Crippen MR) is 57.6 cm³/mol. The molecule has 2 rings (SSSR count). The second-order valence-corrected chi connectivity index (χ2v) is 3.33. The van der Waals surface area contributed by atoms with Crippen LogP contribution in [-0.2, 0) is 0 Å². The number of nitrogens with one attached hydrogen (secondary N) is 1. The largest absolute Gasteiger partial charge is 0.340 e. The van der Waals surface area contributed by atoms with Crippen molar-refractivity contribution in [1.82, 2.24) is 9.89 Å². The highest BCUT2D eigenvalue weighted by atomic mass is 16.7. The van der Waals surface area contributed by atoms with Crippen molar-refractivity contribution in [2.45, 2.75) is 6.92 Å². The summed E-state index contributed by atoms with van der Waals surface area (Å²) in [7, 11) is 0. The SMILES string of the molecule is Cc1[nH]n([N+](=O)[O-])c(=O)c1-c1ccccc1. The summed E-state index contributed by atoms with van der Waals surface area (Å²) in [6, 6.07) is 8.84. The average Bonchev–Trinajstić information content (AvgIpc) is 2.56. The Morgan fingerprint density at radius 1 is 1.31 bits per heavy atom. The van der Waals surface area contributed by atoms with E-state index in [0.717, 1.165) is 0 Å². The summed E-state index contributed by atoms with van der Waals surface area (Å²) in [6.45, 7) is 1.63. The van der Waals surface area contributed by atoms with Crippen LogP contribution in [-0.4, -0.2) is 14.9 Å². The van der Waals surface area contributed by atoms with E-state index in [-0.39, 0.29) is 0 Å². The number of benzene rings is 1. The van der Waals surface area contributed by atoms with Crippen LogP contribution < -0.4 is 5.56 Å². The minimum atomic E-state index is -0.776. The molecule has 0 unspecified atom stereocenters. The molecule has 0 fully saturated rings. The van der Waals surface area contributed by atoms with Gasteiger partial charge in [0.25, 0.3) is 0 Å². The molecular formula is C10H9N3O3. The van der Waals surface area contributed by atoms with Crippen LogP contribution in [0.25, 0.3) is 11.1 Å². The van der Waals surface area contributed by atoms with E-state index in [0.29, 0.717) is 21.6 Å². The molecule has 1 aromatic carbocycles. The third-order valence-corrected chi connectivity index (χ3v) is 2.28. The molecule has 1 N–H and O–H groups in total. The molecule has 0 aliphatic carbocycles. The van der Waals surface area contributed by atoms with Crippen LogP contribution in [0.15, 0.2) is 35.1 Å². The lowest BCUT2D eigenvalue weighted by molar-refractivity contribution is -0.555. The van der Waals surface area contributed by atoms with E-state index in [2.05, 4.69) is 5.10 Å². The van der Waals surface area contributed by atoms with Crippen LogP contribution in [0.5, 0.6) is 0 Å². The molecule has 0 radical (unpaired) electrons. The zero-order valence-corrected chi connectivity index (χ0v) is 8.51. The van der Waals surface area contributed by atoms with Crippen molar-refractivity contribution in [1.29, 1.82) is 0 Å². The van der Waals surface area contributed by atoms with E-state index in [9.17, 15) is 14.9 Å². The number of nitro groups is 1. The number of hydrogen-bond acceptors (Lipinski definition) is 3. The monoisotopic (exact) mass is 219 g/mol. The first-order chi connectivity index (χ1) is 7.61. The Kier molecular flexibility index (Phi) is 2.32. The normalized spacial score (nSPS) is 10.3. The van der Waals surface area contributed by atoms with E-state index < -0.39 is 10.6 Å².